The van der Waals surface area contributed by atoms with Gasteiger partial charge >= 0.3 is 0 Å². The van der Waals surface area contributed by atoms with Crippen molar-refractivity contribution in [3.8, 4) is 0 Å². The van der Waals surface area contributed by atoms with Gasteiger partial charge in [-0.05, 0) is 19.8 Å². The molecule has 0 fully saturated rings. The molecule has 2 N–H and O–H groups in total. The van der Waals surface area contributed by atoms with Gasteiger partial charge in [0.05, 0.1) is 11.8 Å². The molecule has 0 saturated carbocycles. The van der Waals surface area contributed by atoms with Crippen LogP contribution in [0.5, 0.6) is 0 Å². The number of halogens is 1. The van der Waals surface area contributed by atoms with Crippen molar-refractivity contribution in [2.75, 3.05) is 6.61 Å². The molecule has 1 unspecified atom stereocenters. The minimum Gasteiger partial charge on any atom is -0.396 e. The molecule has 0 bridgehead atoms. The number of aromatic nitrogens is 2. The molecule has 15 heavy (non-hydrogen) atoms. The molecule has 0 amide bonds. The Balaban J connectivity index is 2.63. The van der Waals surface area contributed by atoms with Gasteiger partial charge < -0.3 is 10.2 Å². The maximum atomic E-state index is 9.69. The van der Waals surface area contributed by atoms with E-state index in [-0.39, 0.29) is 6.61 Å². The quantitative estimate of drug-likeness (QED) is 0.798. The molecule has 0 saturated heterocycles. The van der Waals surface area contributed by atoms with Crippen LogP contribution in [0.3, 0.4) is 0 Å². The van der Waals surface area contributed by atoms with Crippen LogP contribution < -0.4 is 0 Å². The van der Waals surface area contributed by atoms with Gasteiger partial charge in [-0.15, -0.1) is 0 Å². The van der Waals surface area contributed by atoms with Crippen LogP contribution in [-0.2, 0) is 13.5 Å². The van der Waals surface area contributed by atoms with Gasteiger partial charge in [0.1, 0.15) is 5.15 Å². The normalized spacial score (nSPS) is 13.1. The summed E-state index contributed by atoms with van der Waals surface area (Å²) >= 11 is 6.03. The molecule has 1 rings (SSSR count). The van der Waals surface area contributed by atoms with E-state index in [0.717, 1.165) is 11.3 Å². The lowest BCUT2D eigenvalue weighted by atomic mass is 10.1. The molecule has 1 atom stereocenters. The summed E-state index contributed by atoms with van der Waals surface area (Å²) in [7, 11) is 1.78. The predicted molar refractivity (Wildman–Crippen MR) is 59.0 cm³/mol. The van der Waals surface area contributed by atoms with Gasteiger partial charge in [-0.25, -0.2) is 0 Å². The molecule has 0 aromatic carbocycles. The molecular formula is C10H17ClN2O2. The van der Waals surface area contributed by atoms with Gasteiger partial charge in [0, 0.05) is 25.6 Å². The number of hydrogen-bond donors (Lipinski definition) is 2. The zero-order valence-electron chi connectivity index (χ0n) is 9.07. The van der Waals surface area contributed by atoms with Gasteiger partial charge in [-0.3, -0.25) is 4.68 Å². The number of aryl methyl sites for hydroxylation is 2. The SMILES string of the molecule is Cc1nn(C)c(Cl)c1CC(O)CCCO. The monoisotopic (exact) mass is 232 g/mol. The molecule has 0 aliphatic heterocycles. The summed E-state index contributed by atoms with van der Waals surface area (Å²) in [6.07, 6.45) is 1.23. The molecule has 4 nitrogen and oxygen atoms in total. The number of hydrogen-bond acceptors (Lipinski definition) is 3. The molecule has 0 spiro atoms. The van der Waals surface area contributed by atoms with E-state index in [4.69, 9.17) is 16.7 Å². The first-order valence-electron chi connectivity index (χ1n) is 5.03. The number of aliphatic hydroxyl groups is 2. The van der Waals surface area contributed by atoms with Crippen molar-refractivity contribution < 1.29 is 10.2 Å². The summed E-state index contributed by atoms with van der Waals surface area (Å²) < 4.78 is 1.60. The van der Waals surface area contributed by atoms with Gasteiger partial charge in [0.2, 0.25) is 0 Å². The fourth-order valence-electron chi connectivity index (χ4n) is 1.57. The van der Waals surface area contributed by atoms with Crippen LogP contribution in [0.25, 0.3) is 0 Å². The van der Waals surface area contributed by atoms with Crippen molar-refractivity contribution in [1.82, 2.24) is 9.78 Å². The third kappa shape index (κ3) is 3.19. The van der Waals surface area contributed by atoms with E-state index < -0.39 is 6.10 Å². The maximum Gasteiger partial charge on any atom is 0.130 e. The molecule has 0 radical (unpaired) electrons. The average Bonchev–Trinajstić information content (AvgIpc) is 2.42. The second-order valence-electron chi connectivity index (χ2n) is 3.70. The fourth-order valence-corrected chi connectivity index (χ4v) is 1.82. The lowest BCUT2D eigenvalue weighted by Crippen LogP contribution is -2.11. The van der Waals surface area contributed by atoms with E-state index in [1.165, 1.54) is 0 Å². The topological polar surface area (TPSA) is 58.3 Å². The first kappa shape index (κ1) is 12.5. The highest BCUT2D eigenvalue weighted by molar-refractivity contribution is 6.30. The van der Waals surface area contributed by atoms with Crippen molar-refractivity contribution in [2.45, 2.75) is 32.3 Å². The summed E-state index contributed by atoms with van der Waals surface area (Å²) in [5.41, 5.74) is 1.75. The maximum absolute atomic E-state index is 9.69. The highest BCUT2D eigenvalue weighted by Gasteiger charge is 2.14. The number of rotatable bonds is 5. The Bertz CT molecular complexity index is 325. The van der Waals surface area contributed by atoms with E-state index in [0.29, 0.717) is 24.4 Å². The predicted octanol–water partition coefficient (Wildman–Crippen LogP) is 1.06. The largest absolute Gasteiger partial charge is 0.396 e. The van der Waals surface area contributed by atoms with Crippen LogP contribution in [0.15, 0.2) is 0 Å². The van der Waals surface area contributed by atoms with Crippen molar-refractivity contribution in [3.05, 3.63) is 16.4 Å². The van der Waals surface area contributed by atoms with Gasteiger partial charge in [0.15, 0.2) is 0 Å². The Labute approximate surface area is 94.5 Å². The summed E-state index contributed by atoms with van der Waals surface area (Å²) in [6, 6.07) is 0. The van der Waals surface area contributed by atoms with Crippen LogP contribution in [0.4, 0.5) is 0 Å². The van der Waals surface area contributed by atoms with Crippen LogP contribution in [0.1, 0.15) is 24.1 Å². The highest BCUT2D eigenvalue weighted by Crippen LogP contribution is 2.21. The second kappa shape index (κ2) is 5.49. The van der Waals surface area contributed by atoms with Crippen molar-refractivity contribution >= 4 is 11.6 Å². The third-order valence-electron chi connectivity index (χ3n) is 2.41. The summed E-state index contributed by atoms with van der Waals surface area (Å²) in [5, 5.41) is 23.1. The first-order valence-corrected chi connectivity index (χ1v) is 5.41. The molecule has 1 heterocycles. The van der Waals surface area contributed by atoms with E-state index in [2.05, 4.69) is 5.10 Å². The van der Waals surface area contributed by atoms with Crippen LogP contribution in [0, 0.1) is 6.92 Å². The van der Waals surface area contributed by atoms with Gasteiger partial charge in [0.25, 0.3) is 0 Å². The van der Waals surface area contributed by atoms with Crippen molar-refractivity contribution in [2.24, 2.45) is 7.05 Å². The second-order valence-corrected chi connectivity index (χ2v) is 4.06. The Kier molecular flexibility index (Phi) is 4.57. The molecular weight excluding hydrogens is 216 g/mol. The summed E-state index contributed by atoms with van der Waals surface area (Å²) in [6.45, 7) is 1.98. The average molecular weight is 233 g/mol. The lowest BCUT2D eigenvalue weighted by molar-refractivity contribution is 0.150. The smallest absolute Gasteiger partial charge is 0.130 e. The Morgan fingerprint density at radius 2 is 2.20 bits per heavy atom. The summed E-state index contributed by atoms with van der Waals surface area (Å²) in [5.74, 6) is 0. The molecule has 1 aromatic rings. The third-order valence-corrected chi connectivity index (χ3v) is 2.88. The lowest BCUT2D eigenvalue weighted by Gasteiger charge is -2.09. The highest BCUT2D eigenvalue weighted by atomic mass is 35.5. The van der Waals surface area contributed by atoms with Gasteiger partial charge in [-0.2, -0.15) is 5.10 Å². The van der Waals surface area contributed by atoms with E-state index in [1.807, 2.05) is 6.92 Å². The summed E-state index contributed by atoms with van der Waals surface area (Å²) in [4.78, 5) is 0. The van der Waals surface area contributed by atoms with Crippen molar-refractivity contribution in [1.29, 1.82) is 0 Å². The van der Waals surface area contributed by atoms with E-state index >= 15 is 0 Å². The van der Waals surface area contributed by atoms with Crippen molar-refractivity contribution in [3.63, 3.8) is 0 Å². The zero-order valence-corrected chi connectivity index (χ0v) is 9.83. The van der Waals surface area contributed by atoms with E-state index in [9.17, 15) is 5.11 Å². The molecule has 0 aliphatic carbocycles. The molecule has 0 aliphatic rings. The fraction of sp³-hybridized carbons (Fsp3) is 0.700. The Morgan fingerprint density at radius 3 is 2.67 bits per heavy atom. The molecule has 1 aromatic heterocycles. The Morgan fingerprint density at radius 1 is 1.53 bits per heavy atom. The van der Waals surface area contributed by atoms with Crippen LogP contribution in [0.2, 0.25) is 5.15 Å². The van der Waals surface area contributed by atoms with Crippen LogP contribution in [-0.4, -0.2) is 32.7 Å². The molecule has 5 heteroatoms. The first-order chi connectivity index (χ1) is 7.06. The van der Waals surface area contributed by atoms with E-state index in [1.54, 1.807) is 11.7 Å². The minimum absolute atomic E-state index is 0.108. The Hall–Kier alpha value is -0.580. The molecule has 86 valence electrons. The zero-order chi connectivity index (χ0) is 11.4. The number of nitrogens with zero attached hydrogens (tertiary/aromatic N) is 2. The van der Waals surface area contributed by atoms with Gasteiger partial charge in [-0.1, -0.05) is 11.6 Å². The number of aliphatic hydroxyl groups excluding tert-OH is 2. The standard InChI is InChI=1S/C10H17ClN2O2/c1-7-9(10(11)13(2)12-7)6-8(15)4-3-5-14/h8,14-15H,3-6H2,1-2H3. The van der Waals surface area contributed by atoms with Crippen LogP contribution >= 0.6 is 11.6 Å². The minimum atomic E-state index is -0.461.